The summed E-state index contributed by atoms with van der Waals surface area (Å²) in [5, 5.41) is 10.1. The highest BCUT2D eigenvalue weighted by molar-refractivity contribution is 7.14. The molecule has 0 spiro atoms. The number of aromatic nitrogens is 1. The second-order valence-electron chi connectivity index (χ2n) is 4.93. The number of hydrogen-bond donors (Lipinski definition) is 1. The van der Waals surface area contributed by atoms with Crippen LogP contribution < -0.4 is 5.32 Å². The van der Waals surface area contributed by atoms with Crippen molar-refractivity contribution >= 4 is 28.6 Å². The number of rotatable bonds is 5. The second-order valence-corrected chi connectivity index (χ2v) is 6.57. The number of hydrogen-bond acceptors (Lipinski definition) is 4. The van der Waals surface area contributed by atoms with Crippen molar-refractivity contribution in [3.05, 3.63) is 27.9 Å². The van der Waals surface area contributed by atoms with E-state index in [-0.39, 0.29) is 11.9 Å². The molecule has 0 aliphatic heterocycles. The Morgan fingerprint density at radius 2 is 2.16 bits per heavy atom. The number of amides is 1. The third-order valence-corrected chi connectivity index (χ3v) is 4.67. The molecule has 2 heterocycles. The smallest absolute Gasteiger partial charge is 0.226 e. The maximum atomic E-state index is 11.9. The standard InChI is InChI=1S/C14H18N2OS2/c1-9(2)10(3)15-13(17)6-12-8-19-14(16-12)11-4-5-18-7-11/h4-5,7-10H,6H2,1-3H3,(H,15,17). The van der Waals surface area contributed by atoms with E-state index >= 15 is 0 Å². The molecule has 0 fully saturated rings. The lowest BCUT2D eigenvalue weighted by Gasteiger charge is -2.16. The minimum Gasteiger partial charge on any atom is -0.353 e. The molecular formula is C14H18N2OS2. The van der Waals surface area contributed by atoms with Crippen molar-refractivity contribution in [3.63, 3.8) is 0 Å². The molecule has 19 heavy (non-hydrogen) atoms. The average molecular weight is 294 g/mol. The lowest BCUT2D eigenvalue weighted by Crippen LogP contribution is -2.37. The van der Waals surface area contributed by atoms with Crippen LogP contribution in [0.4, 0.5) is 0 Å². The van der Waals surface area contributed by atoms with Crippen molar-refractivity contribution < 1.29 is 4.79 Å². The second kappa shape index (κ2) is 6.30. The molecule has 102 valence electrons. The fourth-order valence-corrected chi connectivity index (χ4v) is 3.07. The first-order valence-corrected chi connectivity index (χ1v) is 8.15. The predicted octanol–water partition coefficient (Wildman–Crippen LogP) is 3.57. The van der Waals surface area contributed by atoms with Gasteiger partial charge in [-0.15, -0.1) is 11.3 Å². The molecule has 0 radical (unpaired) electrons. The summed E-state index contributed by atoms with van der Waals surface area (Å²) in [6.07, 6.45) is 0.359. The molecule has 1 unspecified atom stereocenters. The molecule has 1 amide bonds. The largest absolute Gasteiger partial charge is 0.353 e. The Labute approximate surface area is 121 Å². The Bertz CT molecular complexity index is 531. The molecule has 2 aromatic rings. The van der Waals surface area contributed by atoms with Gasteiger partial charge in [-0.2, -0.15) is 11.3 Å². The van der Waals surface area contributed by atoms with Crippen molar-refractivity contribution in [2.75, 3.05) is 0 Å². The molecule has 2 aromatic heterocycles. The average Bonchev–Trinajstić information content (AvgIpc) is 2.97. The summed E-state index contributed by atoms with van der Waals surface area (Å²) >= 11 is 3.25. The molecule has 0 saturated heterocycles. The van der Waals surface area contributed by atoms with Crippen LogP contribution in [-0.4, -0.2) is 16.9 Å². The van der Waals surface area contributed by atoms with E-state index in [1.54, 1.807) is 22.7 Å². The van der Waals surface area contributed by atoms with E-state index in [2.05, 4.69) is 29.5 Å². The summed E-state index contributed by atoms with van der Waals surface area (Å²) in [7, 11) is 0. The molecule has 1 N–H and O–H groups in total. The summed E-state index contributed by atoms with van der Waals surface area (Å²) < 4.78 is 0. The Balaban J connectivity index is 1.95. The third-order valence-electron chi connectivity index (χ3n) is 3.05. The first-order chi connectivity index (χ1) is 9.06. The van der Waals surface area contributed by atoms with E-state index in [0.717, 1.165) is 16.3 Å². The molecule has 0 saturated carbocycles. The minimum absolute atomic E-state index is 0.0448. The SMILES string of the molecule is CC(C)C(C)NC(=O)Cc1csc(-c2ccsc2)n1. The Kier molecular flexibility index (Phi) is 4.71. The maximum Gasteiger partial charge on any atom is 0.226 e. The fourth-order valence-electron chi connectivity index (χ4n) is 1.54. The van der Waals surface area contributed by atoms with Crippen LogP contribution in [0, 0.1) is 5.92 Å². The topological polar surface area (TPSA) is 42.0 Å². The van der Waals surface area contributed by atoms with Gasteiger partial charge in [0.2, 0.25) is 5.91 Å². The summed E-state index contributed by atoms with van der Waals surface area (Å²) in [5.41, 5.74) is 1.98. The van der Waals surface area contributed by atoms with E-state index < -0.39 is 0 Å². The Morgan fingerprint density at radius 3 is 2.79 bits per heavy atom. The third kappa shape index (κ3) is 3.88. The molecule has 0 aliphatic rings. The lowest BCUT2D eigenvalue weighted by molar-refractivity contribution is -0.121. The first-order valence-electron chi connectivity index (χ1n) is 6.32. The number of thiazole rings is 1. The predicted molar refractivity (Wildman–Crippen MR) is 81.6 cm³/mol. The highest BCUT2D eigenvalue weighted by atomic mass is 32.1. The quantitative estimate of drug-likeness (QED) is 0.916. The van der Waals surface area contributed by atoms with Crippen molar-refractivity contribution in [1.29, 1.82) is 0 Å². The maximum absolute atomic E-state index is 11.9. The van der Waals surface area contributed by atoms with Gasteiger partial charge < -0.3 is 5.32 Å². The van der Waals surface area contributed by atoms with Crippen LogP contribution in [0.1, 0.15) is 26.5 Å². The number of carbonyl (C=O) groups is 1. The Hall–Kier alpha value is -1.20. The van der Waals surface area contributed by atoms with Crippen molar-refractivity contribution in [2.24, 2.45) is 5.92 Å². The van der Waals surface area contributed by atoms with Gasteiger partial charge in [0, 0.05) is 22.4 Å². The highest BCUT2D eigenvalue weighted by Crippen LogP contribution is 2.25. The molecule has 5 heteroatoms. The molecule has 0 aromatic carbocycles. The summed E-state index contributed by atoms with van der Waals surface area (Å²) in [6, 6.07) is 2.25. The monoisotopic (exact) mass is 294 g/mol. The lowest BCUT2D eigenvalue weighted by atomic mass is 10.1. The van der Waals surface area contributed by atoms with Gasteiger partial charge in [-0.05, 0) is 24.3 Å². The van der Waals surface area contributed by atoms with Crippen molar-refractivity contribution in [2.45, 2.75) is 33.2 Å². The van der Waals surface area contributed by atoms with Crippen LogP contribution in [0.5, 0.6) is 0 Å². The molecule has 0 bridgehead atoms. The van der Waals surface area contributed by atoms with Gasteiger partial charge in [-0.1, -0.05) is 13.8 Å². The molecular weight excluding hydrogens is 276 g/mol. The van der Waals surface area contributed by atoms with Gasteiger partial charge in [0.05, 0.1) is 12.1 Å². The molecule has 2 rings (SSSR count). The number of thiophene rings is 1. The summed E-state index contributed by atoms with van der Waals surface area (Å²) in [4.78, 5) is 16.4. The van der Waals surface area contributed by atoms with Gasteiger partial charge >= 0.3 is 0 Å². The molecule has 0 aliphatic carbocycles. The normalized spacial score (nSPS) is 12.6. The van der Waals surface area contributed by atoms with Crippen molar-refractivity contribution in [1.82, 2.24) is 10.3 Å². The van der Waals surface area contributed by atoms with Crippen molar-refractivity contribution in [3.8, 4) is 10.6 Å². The number of nitrogens with zero attached hydrogens (tertiary/aromatic N) is 1. The zero-order valence-corrected chi connectivity index (χ0v) is 13.0. The summed E-state index contributed by atoms with van der Waals surface area (Å²) in [5.74, 6) is 0.490. The van der Waals surface area contributed by atoms with Crippen LogP contribution in [0.2, 0.25) is 0 Å². The van der Waals surface area contributed by atoms with Crippen LogP contribution >= 0.6 is 22.7 Å². The van der Waals surface area contributed by atoms with Crippen LogP contribution in [0.15, 0.2) is 22.2 Å². The van der Waals surface area contributed by atoms with Crippen LogP contribution in [0.25, 0.3) is 10.6 Å². The van der Waals surface area contributed by atoms with Gasteiger partial charge in [0.25, 0.3) is 0 Å². The van der Waals surface area contributed by atoms with Crippen LogP contribution in [-0.2, 0) is 11.2 Å². The minimum atomic E-state index is 0.0448. The zero-order valence-electron chi connectivity index (χ0n) is 11.3. The zero-order chi connectivity index (χ0) is 13.8. The van der Waals surface area contributed by atoms with Gasteiger partial charge in [0.1, 0.15) is 5.01 Å². The number of nitrogens with one attached hydrogen (secondary N) is 1. The molecule has 1 atom stereocenters. The summed E-state index contributed by atoms with van der Waals surface area (Å²) in [6.45, 7) is 6.23. The first kappa shape index (κ1) is 14.2. The van der Waals surface area contributed by atoms with Crippen LogP contribution in [0.3, 0.4) is 0 Å². The van der Waals surface area contributed by atoms with E-state index in [4.69, 9.17) is 0 Å². The van der Waals surface area contributed by atoms with Gasteiger partial charge in [-0.25, -0.2) is 4.98 Å². The van der Waals surface area contributed by atoms with E-state index in [1.807, 2.05) is 23.8 Å². The van der Waals surface area contributed by atoms with E-state index in [9.17, 15) is 4.79 Å². The van der Waals surface area contributed by atoms with E-state index in [1.165, 1.54) is 0 Å². The van der Waals surface area contributed by atoms with Gasteiger partial charge in [-0.3, -0.25) is 4.79 Å². The highest BCUT2D eigenvalue weighted by Gasteiger charge is 2.13. The van der Waals surface area contributed by atoms with E-state index in [0.29, 0.717) is 12.3 Å². The number of carbonyl (C=O) groups excluding carboxylic acids is 1. The fraction of sp³-hybridized carbons (Fsp3) is 0.429. The van der Waals surface area contributed by atoms with Gasteiger partial charge in [0.15, 0.2) is 0 Å². The Morgan fingerprint density at radius 1 is 1.37 bits per heavy atom. The molecule has 3 nitrogen and oxygen atoms in total.